The number of aliphatic hydroxyl groups excluding tert-OH is 5. The highest BCUT2D eigenvalue weighted by molar-refractivity contribution is 5.93. The zero-order chi connectivity index (χ0) is 86.3. The molecule has 1 aromatic carbocycles. The van der Waals surface area contributed by atoms with Crippen molar-refractivity contribution in [3.8, 4) is 0 Å². The molecule has 37 nitrogen and oxygen atoms in total. The minimum absolute atomic E-state index is 0.0316. The first kappa shape index (κ1) is 102. The molecule has 0 saturated carbocycles. The molecule has 1 aromatic rings. The first-order valence-corrected chi connectivity index (χ1v) is 38.9. The Labute approximate surface area is 668 Å². The maximum absolute atomic E-state index is 14.6. The maximum Gasteiger partial charge on any atom is 0.407 e. The number of carboxylic acids is 1. The summed E-state index contributed by atoms with van der Waals surface area (Å²) in [5.41, 5.74) is 0.620. The van der Waals surface area contributed by atoms with Gasteiger partial charge in [0.25, 0.3) is 0 Å². The predicted molar refractivity (Wildman–Crippen MR) is 414 cm³/mol. The van der Waals surface area contributed by atoms with Crippen LogP contribution >= 0.6 is 0 Å². The molecule has 0 bridgehead atoms. The Kier molecular flexibility index (Phi) is 46.4. The maximum atomic E-state index is 14.6. The van der Waals surface area contributed by atoms with Gasteiger partial charge in [-0.25, -0.2) is 14.4 Å². The number of hydrogen-bond acceptors (Lipinski definition) is 25. The minimum Gasteiger partial charge on any atom is -0.480 e. The average Bonchev–Trinajstić information content (AvgIpc) is 1.71. The number of nitrogens with zero attached hydrogens (tertiary/aromatic N) is 3. The first-order chi connectivity index (χ1) is 53.5. The van der Waals surface area contributed by atoms with Crippen molar-refractivity contribution in [1.82, 2.24) is 62.6 Å². The molecule has 1 aliphatic heterocycles. The number of alkyl carbamates (subject to hydrolysis) is 1. The second-order valence-electron chi connectivity index (χ2n) is 31.0. The number of hydrogen-bond donors (Lipinski definition) is 15. The van der Waals surface area contributed by atoms with E-state index in [0.29, 0.717) is 32.4 Å². The van der Waals surface area contributed by atoms with Gasteiger partial charge >= 0.3 is 18.0 Å². The number of carbonyl (C=O) groups is 14. The van der Waals surface area contributed by atoms with E-state index in [2.05, 4.69) is 47.9 Å². The number of aliphatic carboxylic acids is 1. The number of carbonyl (C=O) groups excluding carboxylic acids is 13. The van der Waals surface area contributed by atoms with E-state index < -0.39 is 202 Å². The van der Waals surface area contributed by atoms with Crippen LogP contribution in [0.3, 0.4) is 0 Å². The van der Waals surface area contributed by atoms with Crippen LogP contribution in [0.15, 0.2) is 30.3 Å². The molecule has 0 aliphatic carbocycles. The molecule has 1 fully saturated rings. The molecule has 1 heterocycles. The van der Waals surface area contributed by atoms with Crippen molar-refractivity contribution >= 4 is 82.9 Å². The average molecular weight is 1620 g/mol. The van der Waals surface area contributed by atoms with Gasteiger partial charge in [-0.15, -0.1) is 0 Å². The molecule has 0 aromatic heterocycles. The largest absolute Gasteiger partial charge is 0.480 e. The number of esters is 1. The lowest BCUT2D eigenvalue weighted by molar-refractivity contribution is -0.148. The van der Waals surface area contributed by atoms with Crippen molar-refractivity contribution in [2.75, 3.05) is 108 Å². The molecular formula is C77H130N12O25. The SMILES string of the molecule is CC[C@H](C)[C@@H]([C@@H](CC(=O)N1CCC[C@H]1[C@H](OC)[C@@H](C)C(=O)N[C@@H](Cc1ccccc1)C(=O)NCCCOC(=O)[C@H](C)NC(=O)C[C@H](NC(=O)CCNC(=O)OC[C@H](CC(=O)CNC(=O)CCNC(=O)CCOCC(C)(C)C)C(=O)NC[C@H](O)[C@@H](O)[C@H](O)[C@H](O)CO)C(=O)O)OC)N(C)C(=O)[C@@H](NC(=O)[C@H](C(C)C)N(C)C)C(C)C. The van der Waals surface area contributed by atoms with Crippen molar-refractivity contribution in [1.29, 1.82) is 0 Å². The summed E-state index contributed by atoms with van der Waals surface area (Å²) in [7, 11) is 8.24. The lowest BCUT2D eigenvalue weighted by Gasteiger charge is -2.41. The molecule has 1 saturated heterocycles. The van der Waals surface area contributed by atoms with Crippen LogP contribution in [0.2, 0.25) is 0 Å². The van der Waals surface area contributed by atoms with Crippen molar-refractivity contribution in [3.63, 3.8) is 0 Å². The number of ketones is 1. The van der Waals surface area contributed by atoms with E-state index in [-0.39, 0.29) is 105 Å². The number of likely N-dealkylation sites (N-methyl/N-ethyl adjacent to an activating group) is 2. The number of carboxylic acid groups (broad SMARTS) is 1. The number of rotatable bonds is 54. The van der Waals surface area contributed by atoms with Crippen molar-refractivity contribution in [2.24, 2.45) is 35.0 Å². The summed E-state index contributed by atoms with van der Waals surface area (Å²) < 4.78 is 28.0. The molecule has 2 rings (SSSR count). The molecule has 0 spiro atoms. The van der Waals surface area contributed by atoms with Crippen LogP contribution in [0.1, 0.15) is 146 Å². The van der Waals surface area contributed by atoms with Gasteiger partial charge in [0.2, 0.25) is 59.1 Å². The molecular weight excluding hydrogens is 1490 g/mol. The Morgan fingerprint density at radius 3 is 1.86 bits per heavy atom. The number of likely N-dealkylation sites (tertiary alicyclic amines) is 1. The standard InChI is InChI=1S/C77H130N12O25/c1-17-46(6)65(88(14)73(105)63(44(2)3)86-72(104)64(45(4)5)87(12)13)57(110-15)38-62(98)89-32-21-25-54(89)68(111-16)47(7)69(101)85-52(35-49-23-19-18-20-24-49)71(103)79-29-22-33-113-75(108)48(8)83-61(97)37-53(74(106)107)84-60(96)27-31-80-76(109)114-42-50(70(102)82-40-55(92)66(99)67(100)56(93)41-90)36-51(91)39-81-58(94)26-30-78-59(95)28-34-112-43-77(9,10)11/h18-20,23-24,44-48,50,52-57,63-68,90,92-93,99-100H,17,21-22,25-43H2,1-16H3,(H,78,95)(H,79,103)(H,80,109)(H,81,94)(H,82,102)(H,83,97)(H,84,96)(H,85,101)(H,86,104)(H,106,107)/t46-,47+,48-,50-,52-,53-,54-,55-,56+,57+,63-,64-,65-,66+,67+,68+/m0/s1. The molecule has 37 heteroatoms. The number of aliphatic hydroxyl groups is 5. The zero-order valence-electron chi connectivity index (χ0n) is 69.1. The van der Waals surface area contributed by atoms with Crippen LogP contribution < -0.4 is 47.9 Å². The highest BCUT2D eigenvalue weighted by atomic mass is 16.6. The third-order valence-corrected chi connectivity index (χ3v) is 19.3. The summed E-state index contributed by atoms with van der Waals surface area (Å²) in [5, 5.41) is 81.6. The van der Waals surface area contributed by atoms with Crippen LogP contribution in [-0.2, 0) is 92.4 Å². The lowest BCUT2D eigenvalue weighted by atomic mass is 9.89. The number of Topliss-reactive ketones (excluding diaryl/α,β-unsaturated/α-hetero) is 1. The Bertz CT molecular complexity index is 3230. The van der Waals surface area contributed by atoms with Crippen molar-refractivity contribution < 1.29 is 121 Å². The fourth-order valence-electron chi connectivity index (χ4n) is 12.8. The molecule has 648 valence electrons. The Morgan fingerprint density at radius 2 is 1.27 bits per heavy atom. The van der Waals surface area contributed by atoms with Gasteiger partial charge in [-0.1, -0.05) is 106 Å². The number of benzene rings is 1. The van der Waals surface area contributed by atoms with Gasteiger partial charge in [-0.2, -0.15) is 0 Å². The number of ether oxygens (including phenoxy) is 5. The molecule has 15 N–H and O–H groups in total. The normalized spacial score (nSPS) is 16.9. The fourth-order valence-corrected chi connectivity index (χ4v) is 12.8. The van der Waals surface area contributed by atoms with Gasteiger partial charge in [0.15, 0.2) is 5.78 Å². The fraction of sp³-hybridized carbons (Fsp3) is 0.740. The summed E-state index contributed by atoms with van der Waals surface area (Å²) >= 11 is 0. The lowest BCUT2D eigenvalue weighted by Crippen LogP contribution is -2.59. The number of amides is 11. The summed E-state index contributed by atoms with van der Waals surface area (Å²) in [6, 6.07) is 2.16. The summed E-state index contributed by atoms with van der Waals surface area (Å²) in [4.78, 5) is 191. The monoisotopic (exact) mass is 1620 g/mol. The zero-order valence-corrected chi connectivity index (χ0v) is 69.1. The summed E-state index contributed by atoms with van der Waals surface area (Å²) in [5.74, 6) is -12.2. The molecule has 114 heavy (non-hydrogen) atoms. The van der Waals surface area contributed by atoms with Gasteiger partial charge in [0.05, 0.1) is 94.1 Å². The van der Waals surface area contributed by atoms with Gasteiger partial charge < -0.3 is 112 Å². The summed E-state index contributed by atoms with van der Waals surface area (Å²) in [6.45, 7) is 17.2. The van der Waals surface area contributed by atoms with E-state index in [1.54, 1.807) is 54.1 Å². The van der Waals surface area contributed by atoms with Gasteiger partial charge in [0, 0.05) is 86.1 Å². The third-order valence-electron chi connectivity index (χ3n) is 19.3. The highest BCUT2D eigenvalue weighted by Gasteiger charge is 2.44. The van der Waals surface area contributed by atoms with Gasteiger partial charge in [-0.05, 0) is 69.0 Å². The Balaban J connectivity index is 2.03. The van der Waals surface area contributed by atoms with E-state index in [9.17, 15) is 92.7 Å². The van der Waals surface area contributed by atoms with Crippen molar-refractivity contribution in [3.05, 3.63) is 35.9 Å². The van der Waals surface area contributed by atoms with Crippen molar-refractivity contribution in [2.45, 2.75) is 226 Å². The van der Waals surface area contributed by atoms with E-state index in [1.807, 2.05) is 81.3 Å². The minimum atomic E-state index is -2.08. The molecule has 11 amide bonds. The Morgan fingerprint density at radius 1 is 0.640 bits per heavy atom. The molecule has 1 aliphatic rings. The van der Waals surface area contributed by atoms with Crippen LogP contribution in [0.5, 0.6) is 0 Å². The van der Waals surface area contributed by atoms with E-state index in [1.165, 1.54) is 21.1 Å². The van der Waals surface area contributed by atoms with E-state index in [4.69, 9.17) is 28.8 Å². The van der Waals surface area contributed by atoms with Gasteiger partial charge in [0.1, 0.15) is 49.1 Å². The molecule has 16 atom stereocenters. The number of nitrogens with one attached hydrogen (secondary N) is 9. The highest BCUT2D eigenvalue weighted by Crippen LogP contribution is 2.30. The van der Waals surface area contributed by atoms with Gasteiger partial charge in [-0.3, -0.25) is 57.6 Å². The second-order valence-corrected chi connectivity index (χ2v) is 31.0. The first-order valence-electron chi connectivity index (χ1n) is 38.9. The molecule has 0 unspecified atom stereocenters. The van der Waals surface area contributed by atoms with Crippen LogP contribution in [0, 0.1) is 35.0 Å². The third kappa shape index (κ3) is 36.5. The van der Waals surface area contributed by atoms with Crippen LogP contribution in [0.25, 0.3) is 0 Å². The number of methoxy groups -OCH3 is 2. The summed E-state index contributed by atoms with van der Waals surface area (Å²) in [6.07, 6.45) is -11.3. The van der Waals surface area contributed by atoms with E-state index >= 15 is 0 Å². The topological polar surface area (TPSA) is 525 Å². The van der Waals surface area contributed by atoms with Crippen LogP contribution in [-0.4, -0.2) is 315 Å². The second kappa shape index (κ2) is 52.1. The quantitative estimate of drug-likeness (QED) is 0.0253. The van der Waals surface area contributed by atoms with E-state index in [0.717, 1.165) is 5.56 Å². The van der Waals surface area contributed by atoms with Crippen LogP contribution in [0.4, 0.5) is 4.79 Å². The Hall–Kier alpha value is -8.56. The smallest absolute Gasteiger partial charge is 0.407 e. The predicted octanol–water partition coefficient (Wildman–Crippen LogP) is -1.81. The molecule has 0 radical (unpaired) electrons.